The van der Waals surface area contributed by atoms with Crippen LogP contribution in [0.15, 0.2) is 59.0 Å². The van der Waals surface area contributed by atoms with E-state index in [-0.39, 0.29) is 36.0 Å². The molecule has 0 aliphatic carbocycles. The van der Waals surface area contributed by atoms with Crippen LogP contribution in [0.1, 0.15) is 39.5 Å². The summed E-state index contributed by atoms with van der Waals surface area (Å²) in [6, 6.07) is 18.2. The van der Waals surface area contributed by atoms with Crippen LogP contribution in [0.5, 0.6) is 5.75 Å². The molecule has 0 aliphatic rings. The number of unbranched alkanes of at least 4 members (excludes halogenated alkanes) is 2. The Morgan fingerprint density at radius 2 is 1.85 bits per heavy atom. The Kier molecular flexibility index (Phi) is 9.39. The summed E-state index contributed by atoms with van der Waals surface area (Å²) in [6.45, 7) is 6.72. The molecule has 0 fully saturated rings. The van der Waals surface area contributed by atoms with Gasteiger partial charge in [-0.15, -0.1) is 0 Å². The van der Waals surface area contributed by atoms with Gasteiger partial charge in [0.1, 0.15) is 11.3 Å². The number of carbonyl (C=O) groups excluding carboxylic acids is 1. The molecule has 0 spiro atoms. The van der Waals surface area contributed by atoms with E-state index in [0.29, 0.717) is 18.9 Å². The van der Waals surface area contributed by atoms with Gasteiger partial charge in [0.05, 0.1) is 6.61 Å². The molecule has 0 unspecified atom stereocenters. The van der Waals surface area contributed by atoms with E-state index in [0.717, 1.165) is 64.8 Å². The molecule has 0 saturated carbocycles. The van der Waals surface area contributed by atoms with Gasteiger partial charge in [0, 0.05) is 36.4 Å². The van der Waals surface area contributed by atoms with E-state index in [4.69, 9.17) is 14.1 Å². The van der Waals surface area contributed by atoms with Crippen LogP contribution in [0.2, 0.25) is 0 Å². The fraction of sp³-hybridized carbons (Fsp3) is 0.333. The number of aliphatic carboxylic acids is 1. The maximum absolute atomic E-state index is 10.5. The van der Waals surface area contributed by atoms with Crippen LogP contribution >= 0.6 is 0 Å². The molecule has 0 atom stereocenters. The van der Waals surface area contributed by atoms with E-state index in [1.807, 2.05) is 42.5 Å². The number of oxazole rings is 1. The van der Waals surface area contributed by atoms with Gasteiger partial charge in [-0.2, -0.15) is 0 Å². The molecule has 4 aromatic rings. The van der Waals surface area contributed by atoms with Crippen molar-refractivity contribution in [1.82, 2.24) is 4.98 Å². The van der Waals surface area contributed by atoms with Crippen molar-refractivity contribution in [2.24, 2.45) is 0 Å². The number of hydrogen-bond acceptors (Lipinski definition) is 6. The van der Waals surface area contributed by atoms with Crippen molar-refractivity contribution in [3.63, 3.8) is 0 Å². The van der Waals surface area contributed by atoms with Gasteiger partial charge in [-0.3, -0.25) is 0 Å². The standard InChI is InChI=1S/C27H30N2O4.Na/c1-3-29(4-2)20-12-15-24-25(18-20)33-27(28-24)23-10-8-9-19-17-21(13-14-22(19)23)32-16-7-5-6-11-26(30)31;/h8-10,12-15,17-18H,3-7,11,16H2,1-2H3,(H,30,31);/q;+1/p-1. The van der Waals surface area contributed by atoms with E-state index in [1.165, 1.54) is 0 Å². The first-order chi connectivity index (χ1) is 16.1. The van der Waals surface area contributed by atoms with Crippen molar-refractivity contribution in [2.75, 3.05) is 24.6 Å². The van der Waals surface area contributed by atoms with Crippen molar-refractivity contribution < 1.29 is 48.6 Å². The molecule has 7 heteroatoms. The molecule has 0 N–H and O–H groups in total. The van der Waals surface area contributed by atoms with Crippen LogP contribution < -0.4 is 44.3 Å². The second-order valence-corrected chi connectivity index (χ2v) is 8.06. The van der Waals surface area contributed by atoms with Gasteiger partial charge >= 0.3 is 29.6 Å². The largest absolute Gasteiger partial charge is 1.00 e. The summed E-state index contributed by atoms with van der Waals surface area (Å²) in [5, 5.41) is 12.6. The third-order valence-electron chi connectivity index (χ3n) is 5.88. The zero-order valence-electron chi connectivity index (χ0n) is 20.2. The molecule has 1 aromatic heterocycles. The Morgan fingerprint density at radius 3 is 2.62 bits per heavy atom. The van der Waals surface area contributed by atoms with Crippen molar-refractivity contribution in [2.45, 2.75) is 39.5 Å². The van der Waals surface area contributed by atoms with E-state index < -0.39 is 5.97 Å². The normalized spacial score (nSPS) is 10.9. The number of fused-ring (bicyclic) bond motifs is 2. The maximum Gasteiger partial charge on any atom is 1.00 e. The number of carboxylic acid groups (broad SMARTS) is 1. The number of nitrogens with zero attached hydrogens (tertiary/aromatic N) is 2. The molecule has 34 heavy (non-hydrogen) atoms. The Morgan fingerprint density at radius 1 is 1.03 bits per heavy atom. The minimum Gasteiger partial charge on any atom is -0.550 e. The molecular formula is C27H29N2NaO4. The number of benzene rings is 3. The Hall–Kier alpha value is -2.54. The molecular weight excluding hydrogens is 439 g/mol. The molecule has 172 valence electrons. The summed E-state index contributed by atoms with van der Waals surface area (Å²) in [5.74, 6) is 0.402. The van der Waals surface area contributed by atoms with Crippen molar-refractivity contribution in [3.05, 3.63) is 54.6 Å². The SMILES string of the molecule is CCN(CC)c1ccc2nc(-c3cccc4cc(OCCCCCC(=O)[O-])ccc34)oc2c1.[Na+]. The van der Waals surface area contributed by atoms with Crippen LogP contribution in [-0.4, -0.2) is 30.6 Å². The summed E-state index contributed by atoms with van der Waals surface area (Å²) >= 11 is 0. The van der Waals surface area contributed by atoms with Crippen LogP contribution in [0.25, 0.3) is 33.3 Å². The van der Waals surface area contributed by atoms with Gasteiger partial charge in [0.2, 0.25) is 5.89 Å². The van der Waals surface area contributed by atoms with Gasteiger partial charge in [0.15, 0.2) is 5.58 Å². The van der Waals surface area contributed by atoms with Crippen LogP contribution in [0.3, 0.4) is 0 Å². The number of anilines is 1. The number of carbonyl (C=O) groups is 1. The molecule has 4 rings (SSSR count). The fourth-order valence-electron chi connectivity index (χ4n) is 4.09. The quantitative estimate of drug-likeness (QED) is 0.248. The number of rotatable bonds is 11. The van der Waals surface area contributed by atoms with Crippen LogP contribution in [0.4, 0.5) is 5.69 Å². The molecule has 0 aliphatic heterocycles. The predicted molar refractivity (Wildman–Crippen MR) is 129 cm³/mol. The molecule has 3 aromatic carbocycles. The second kappa shape index (κ2) is 12.2. The smallest absolute Gasteiger partial charge is 0.550 e. The van der Waals surface area contributed by atoms with Crippen molar-refractivity contribution in [3.8, 4) is 17.2 Å². The first kappa shape index (κ1) is 26.1. The fourth-order valence-corrected chi connectivity index (χ4v) is 4.09. The number of aromatic nitrogens is 1. The third-order valence-corrected chi connectivity index (χ3v) is 5.88. The summed E-state index contributed by atoms with van der Waals surface area (Å²) < 4.78 is 12.0. The summed E-state index contributed by atoms with van der Waals surface area (Å²) in [7, 11) is 0. The van der Waals surface area contributed by atoms with Crippen LogP contribution in [-0.2, 0) is 4.79 Å². The van der Waals surface area contributed by atoms with E-state index in [2.05, 4.69) is 30.9 Å². The number of ether oxygens (including phenoxy) is 1. The minimum atomic E-state index is -0.996. The van der Waals surface area contributed by atoms with Crippen molar-refractivity contribution in [1.29, 1.82) is 0 Å². The van der Waals surface area contributed by atoms with Crippen LogP contribution in [0, 0.1) is 0 Å². The molecule has 0 amide bonds. The first-order valence-electron chi connectivity index (χ1n) is 11.6. The Labute approximate surface area is 222 Å². The second-order valence-electron chi connectivity index (χ2n) is 8.06. The maximum atomic E-state index is 10.5. The van der Waals surface area contributed by atoms with Gasteiger partial charge in [-0.05, 0) is 86.7 Å². The zero-order chi connectivity index (χ0) is 23.2. The molecule has 1 heterocycles. The van der Waals surface area contributed by atoms with Gasteiger partial charge < -0.3 is 24.0 Å². The minimum absolute atomic E-state index is 0. The average molecular weight is 469 g/mol. The topological polar surface area (TPSA) is 78.6 Å². The molecule has 0 saturated heterocycles. The molecule has 6 nitrogen and oxygen atoms in total. The number of carboxylic acids is 1. The van der Waals surface area contributed by atoms with Crippen molar-refractivity contribution >= 4 is 33.5 Å². The zero-order valence-corrected chi connectivity index (χ0v) is 22.2. The first-order valence-corrected chi connectivity index (χ1v) is 11.6. The van der Waals surface area contributed by atoms with E-state index >= 15 is 0 Å². The van der Waals surface area contributed by atoms with E-state index in [1.54, 1.807) is 0 Å². The van der Waals surface area contributed by atoms with Gasteiger partial charge in [0.25, 0.3) is 0 Å². The van der Waals surface area contributed by atoms with Gasteiger partial charge in [-0.25, -0.2) is 4.98 Å². The summed E-state index contributed by atoms with van der Waals surface area (Å²) in [6.07, 6.45) is 2.34. The Balaban J connectivity index is 0.00000324. The average Bonchev–Trinajstić information content (AvgIpc) is 3.25. The third kappa shape index (κ3) is 6.12. The Bertz CT molecular complexity index is 1250. The summed E-state index contributed by atoms with van der Waals surface area (Å²) in [5.41, 5.74) is 3.71. The van der Waals surface area contributed by atoms with E-state index in [9.17, 15) is 9.90 Å². The predicted octanol–water partition coefficient (Wildman–Crippen LogP) is 2.19. The number of hydrogen-bond donors (Lipinski definition) is 0. The van der Waals surface area contributed by atoms with Gasteiger partial charge in [-0.1, -0.05) is 12.1 Å². The molecule has 0 bridgehead atoms. The monoisotopic (exact) mass is 468 g/mol. The summed E-state index contributed by atoms with van der Waals surface area (Å²) in [4.78, 5) is 17.5. The molecule has 0 radical (unpaired) electrons.